The fraction of sp³-hybridized carbons (Fsp3) is 0.950. The smallest absolute Gasteiger partial charge is 0.323 e. The molecule has 0 saturated carbocycles. The van der Waals surface area contributed by atoms with Crippen molar-refractivity contribution >= 4 is 5.97 Å². The van der Waals surface area contributed by atoms with Gasteiger partial charge in [0.1, 0.15) is 11.6 Å². The van der Waals surface area contributed by atoms with E-state index in [1.54, 1.807) is 0 Å². The second kappa shape index (κ2) is 11.9. The van der Waals surface area contributed by atoms with Gasteiger partial charge in [0.2, 0.25) is 0 Å². The topological polar surface area (TPSA) is 50.4 Å². The average Bonchev–Trinajstić information content (AvgIpc) is 2.52. The van der Waals surface area contributed by atoms with E-state index < -0.39 is 5.60 Å². The standard InChI is InChI=1S/C20H40N2O2/c1-5-6-7-8-9-10-13-18(19(23)24-20(2,3)4)22-16-17-12-11-14-21-15-17/h17-18,21-22H,5-16H2,1-4H3. The fourth-order valence-corrected chi connectivity index (χ4v) is 3.21. The minimum atomic E-state index is -0.412. The van der Waals surface area contributed by atoms with Crippen molar-refractivity contribution in [1.82, 2.24) is 10.6 Å². The van der Waals surface area contributed by atoms with Crippen molar-refractivity contribution in [2.24, 2.45) is 5.92 Å². The molecule has 2 unspecified atom stereocenters. The van der Waals surface area contributed by atoms with Gasteiger partial charge in [-0.2, -0.15) is 0 Å². The number of esters is 1. The maximum absolute atomic E-state index is 12.5. The zero-order valence-corrected chi connectivity index (χ0v) is 16.5. The minimum absolute atomic E-state index is 0.0835. The Bertz CT molecular complexity index is 333. The summed E-state index contributed by atoms with van der Waals surface area (Å²) in [5, 5.41) is 6.94. The number of nitrogens with one attached hydrogen (secondary N) is 2. The number of hydrogen-bond donors (Lipinski definition) is 2. The number of carbonyl (C=O) groups is 1. The van der Waals surface area contributed by atoms with E-state index in [4.69, 9.17) is 4.74 Å². The van der Waals surface area contributed by atoms with Gasteiger partial charge in [-0.05, 0) is 65.6 Å². The van der Waals surface area contributed by atoms with E-state index in [1.165, 1.54) is 44.9 Å². The molecule has 0 aliphatic carbocycles. The molecule has 0 radical (unpaired) electrons. The molecule has 2 atom stereocenters. The minimum Gasteiger partial charge on any atom is -0.459 e. The molecule has 0 amide bonds. The molecular weight excluding hydrogens is 300 g/mol. The highest BCUT2D eigenvalue weighted by Gasteiger charge is 2.25. The second-order valence-corrected chi connectivity index (χ2v) is 8.26. The molecule has 2 N–H and O–H groups in total. The Morgan fingerprint density at radius 1 is 1.21 bits per heavy atom. The maximum Gasteiger partial charge on any atom is 0.323 e. The van der Waals surface area contributed by atoms with Crippen LogP contribution in [0.15, 0.2) is 0 Å². The summed E-state index contributed by atoms with van der Waals surface area (Å²) >= 11 is 0. The average molecular weight is 341 g/mol. The summed E-state index contributed by atoms with van der Waals surface area (Å²) in [5.41, 5.74) is -0.412. The highest BCUT2D eigenvalue weighted by Crippen LogP contribution is 2.15. The van der Waals surface area contributed by atoms with E-state index in [9.17, 15) is 4.79 Å². The van der Waals surface area contributed by atoms with Gasteiger partial charge in [0, 0.05) is 0 Å². The largest absolute Gasteiger partial charge is 0.459 e. The second-order valence-electron chi connectivity index (χ2n) is 8.26. The van der Waals surface area contributed by atoms with Crippen LogP contribution in [-0.2, 0) is 9.53 Å². The molecule has 1 heterocycles. The van der Waals surface area contributed by atoms with Gasteiger partial charge in [-0.15, -0.1) is 0 Å². The van der Waals surface area contributed by atoms with Gasteiger partial charge in [-0.25, -0.2) is 0 Å². The molecule has 1 fully saturated rings. The third kappa shape index (κ3) is 10.3. The molecule has 1 aliphatic rings. The highest BCUT2D eigenvalue weighted by atomic mass is 16.6. The molecule has 0 aromatic carbocycles. The molecule has 1 aliphatic heterocycles. The van der Waals surface area contributed by atoms with Crippen LogP contribution in [0.3, 0.4) is 0 Å². The Labute approximate surface area is 149 Å². The number of carbonyl (C=O) groups excluding carboxylic acids is 1. The molecule has 0 bridgehead atoms. The molecule has 1 saturated heterocycles. The molecule has 4 nitrogen and oxygen atoms in total. The Balaban J connectivity index is 2.37. The predicted octanol–water partition coefficient (Wildman–Crippen LogP) is 4.04. The van der Waals surface area contributed by atoms with Gasteiger partial charge in [0.25, 0.3) is 0 Å². The van der Waals surface area contributed by atoms with Crippen molar-refractivity contribution in [2.75, 3.05) is 19.6 Å². The van der Waals surface area contributed by atoms with E-state index in [2.05, 4.69) is 17.6 Å². The first-order valence-corrected chi connectivity index (χ1v) is 10.1. The van der Waals surface area contributed by atoms with E-state index in [-0.39, 0.29) is 12.0 Å². The van der Waals surface area contributed by atoms with Crippen molar-refractivity contribution in [2.45, 2.75) is 97.1 Å². The van der Waals surface area contributed by atoms with Crippen LogP contribution in [0.5, 0.6) is 0 Å². The lowest BCUT2D eigenvalue weighted by Gasteiger charge is -2.28. The van der Waals surface area contributed by atoms with Crippen LogP contribution in [0.4, 0.5) is 0 Å². The van der Waals surface area contributed by atoms with Crippen LogP contribution in [0.25, 0.3) is 0 Å². The zero-order chi connectivity index (χ0) is 17.8. The van der Waals surface area contributed by atoms with Crippen molar-refractivity contribution in [3.63, 3.8) is 0 Å². The van der Waals surface area contributed by atoms with Crippen molar-refractivity contribution in [3.05, 3.63) is 0 Å². The molecular formula is C20H40N2O2. The van der Waals surface area contributed by atoms with E-state index >= 15 is 0 Å². The summed E-state index contributed by atoms with van der Waals surface area (Å²) in [6.07, 6.45) is 10.9. The van der Waals surface area contributed by atoms with Crippen molar-refractivity contribution in [1.29, 1.82) is 0 Å². The van der Waals surface area contributed by atoms with Gasteiger partial charge in [0.15, 0.2) is 0 Å². The Morgan fingerprint density at radius 2 is 1.92 bits per heavy atom. The molecule has 24 heavy (non-hydrogen) atoms. The Kier molecular flexibility index (Phi) is 10.6. The van der Waals surface area contributed by atoms with Gasteiger partial charge in [-0.3, -0.25) is 4.79 Å². The fourth-order valence-electron chi connectivity index (χ4n) is 3.21. The number of piperidine rings is 1. The highest BCUT2D eigenvalue weighted by molar-refractivity contribution is 5.76. The summed E-state index contributed by atoms with van der Waals surface area (Å²) in [5.74, 6) is 0.549. The Hall–Kier alpha value is -0.610. The predicted molar refractivity (Wildman–Crippen MR) is 101 cm³/mol. The lowest BCUT2D eigenvalue weighted by atomic mass is 9.98. The molecule has 4 heteroatoms. The summed E-state index contributed by atoms with van der Waals surface area (Å²) in [6.45, 7) is 11.2. The first-order chi connectivity index (χ1) is 11.4. The van der Waals surface area contributed by atoms with E-state index in [0.29, 0.717) is 5.92 Å². The number of ether oxygens (including phenoxy) is 1. The summed E-state index contributed by atoms with van der Waals surface area (Å²) in [7, 11) is 0. The first kappa shape index (κ1) is 21.4. The summed E-state index contributed by atoms with van der Waals surface area (Å²) in [6, 6.07) is -0.155. The van der Waals surface area contributed by atoms with Crippen molar-refractivity contribution < 1.29 is 9.53 Å². The van der Waals surface area contributed by atoms with E-state index in [1.807, 2.05) is 20.8 Å². The van der Waals surface area contributed by atoms with Gasteiger partial charge in [0.05, 0.1) is 0 Å². The van der Waals surface area contributed by atoms with Crippen LogP contribution in [-0.4, -0.2) is 37.2 Å². The van der Waals surface area contributed by atoms with Crippen LogP contribution in [0.2, 0.25) is 0 Å². The molecule has 0 aromatic rings. The summed E-state index contributed by atoms with van der Waals surface area (Å²) in [4.78, 5) is 12.5. The molecule has 0 spiro atoms. The number of unbranched alkanes of at least 4 members (excludes halogenated alkanes) is 5. The molecule has 142 valence electrons. The lowest BCUT2D eigenvalue weighted by Crippen LogP contribution is -2.45. The van der Waals surface area contributed by atoms with Gasteiger partial charge >= 0.3 is 5.97 Å². The lowest BCUT2D eigenvalue weighted by molar-refractivity contribution is -0.157. The van der Waals surface area contributed by atoms with Gasteiger partial charge in [-0.1, -0.05) is 45.4 Å². The normalized spacial score (nSPS) is 19.9. The third-order valence-corrected chi connectivity index (χ3v) is 4.59. The SMILES string of the molecule is CCCCCCCCC(NCC1CCCNC1)C(=O)OC(C)(C)C. The number of hydrogen-bond acceptors (Lipinski definition) is 4. The third-order valence-electron chi connectivity index (χ3n) is 4.59. The molecule has 0 aromatic heterocycles. The Morgan fingerprint density at radius 3 is 2.54 bits per heavy atom. The van der Waals surface area contributed by atoms with Gasteiger partial charge < -0.3 is 15.4 Å². The van der Waals surface area contributed by atoms with Crippen molar-refractivity contribution in [3.8, 4) is 0 Å². The maximum atomic E-state index is 12.5. The quantitative estimate of drug-likeness (QED) is 0.440. The summed E-state index contributed by atoms with van der Waals surface area (Å²) < 4.78 is 5.62. The monoisotopic (exact) mass is 340 g/mol. The first-order valence-electron chi connectivity index (χ1n) is 10.1. The zero-order valence-electron chi connectivity index (χ0n) is 16.5. The van der Waals surface area contributed by atoms with Crippen LogP contribution >= 0.6 is 0 Å². The van der Waals surface area contributed by atoms with Crippen LogP contribution in [0.1, 0.15) is 85.5 Å². The van der Waals surface area contributed by atoms with Crippen LogP contribution in [0, 0.1) is 5.92 Å². The number of rotatable bonds is 11. The van der Waals surface area contributed by atoms with E-state index in [0.717, 1.165) is 32.5 Å². The molecule has 1 rings (SSSR count). The van der Waals surface area contributed by atoms with Crippen LogP contribution < -0.4 is 10.6 Å².